The van der Waals surface area contributed by atoms with Crippen LogP contribution in [0.15, 0.2) is 36.4 Å². The molecule has 2 aromatic carbocycles. The van der Waals surface area contributed by atoms with Gasteiger partial charge in [0.1, 0.15) is 11.4 Å². The zero-order valence-corrected chi connectivity index (χ0v) is 12.6. The Bertz CT molecular complexity index is 860. The highest BCUT2D eigenvalue weighted by Crippen LogP contribution is 2.29. The molecule has 1 aliphatic rings. The number of hydrogen-bond acceptors (Lipinski definition) is 2. The summed E-state index contributed by atoms with van der Waals surface area (Å²) in [4.78, 5) is 12.3. The van der Waals surface area contributed by atoms with E-state index in [2.05, 4.69) is 11.4 Å². The average Bonchev–Trinajstić information content (AvgIpc) is 2.58. The van der Waals surface area contributed by atoms with Crippen molar-refractivity contribution in [2.24, 2.45) is 0 Å². The van der Waals surface area contributed by atoms with E-state index in [4.69, 9.17) is 0 Å². The van der Waals surface area contributed by atoms with Gasteiger partial charge in [0.2, 0.25) is 0 Å². The van der Waals surface area contributed by atoms with E-state index < -0.39 is 34.5 Å². The van der Waals surface area contributed by atoms with E-state index in [0.29, 0.717) is 25.0 Å². The molecule has 0 saturated heterocycles. The van der Waals surface area contributed by atoms with Gasteiger partial charge in [-0.25, -0.2) is 13.2 Å². The van der Waals surface area contributed by atoms with Crippen LogP contribution in [-0.2, 0) is 12.8 Å². The second kappa shape index (κ2) is 6.00. The minimum absolute atomic E-state index is 0.275. The van der Waals surface area contributed by atoms with Gasteiger partial charge in [-0.15, -0.1) is 0 Å². The minimum Gasteiger partial charge on any atom is -0.333 e. The molecule has 0 unspecified atom stereocenters. The first kappa shape index (κ1) is 16.1. The fourth-order valence-corrected chi connectivity index (χ4v) is 2.95. The Labute approximate surface area is 136 Å². The molecule has 122 valence electrons. The molecule has 1 atom stereocenters. The predicted molar refractivity (Wildman–Crippen MR) is 80.6 cm³/mol. The van der Waals surface area contributed by atoms with Crippen molar-refractivity contribution in [2.45, 2.75) is 24.8 Å². The van der Waals surface area contributed by atoms with E-state index >= 15 is 0 Å². The van der Waals surface area contributed by atoms with Crippen molar-refractivity contribution >= 4 is 5.91 Å². The van der Waals surface area contributed by atoms with Gasteiger partial charge in [-0.05, 0) is 30.0 Å². The van der Waals surface area contributed by atoms with Gasteiger partial charge in [-0.3, -0.25) is 4.79 Å². The second-order valence-corrected chi connectivity index (χ2v) is 5.84. The lowest BCUT2D eigenvalue weighted by molar-refractivity contribution is 0.0908. The summed E-state index contributed by atoms with van der Waals surface area (Å²) >= 11 is 0. The zero-order chi connectivity index (χ0) is 17.3. The van der Waals surface area contributed by atoms with Gasteiger partial charge in [0.25, 0.3) is 5.91 Å². The number of carbonyl (C=O) groups excluding carboxylic acids is 1. The maximum Gasteiger partial charge on any atom is 0.255 e. The molecule has 0 aromatic heterocycles. The Hall–Kier alpha value is -2.81. The SMILES string of the molecule is N#C[C@@]1(NC(=O)c2cc(F)c(F)cc2F)CCc2ccccc2C1. The van der Waals surface area contributed by atoms with Gasteiger partial charge >= 0.3 is 0 Å². The molecule has 0 radical (unpaired) electrons. The van der Waals surface area contributed by atoms with Crippen molar-refractivity contribution in [3.05, 3.63) is 70.5 Å². The van der Waals surface area contributed by atoms with Crippen molar-refractivity contribution in [3.8, 4) is 6.07 Å². The fourth-order valence-electron chi connectivity index (χ4n) is 2.95. The second-order valence-electron chi connectivity index (χ2n) is 5.84. The van der Waals surface area contributed by atoms with Gasteiger partial charge in [0.15, 0.2) is 11.6 Å². The number of aryl methyl sites for hydroxylation is 1. The van der Waals surface area contributed by atoms with Crippen LogP contribution < -0.4 is 5.32 Å². The van der Waals surface area contributed by atoms with Gasteiger partial charge in [0.05, 0.1) is 11.6 Å². The number of fused-ring (bicyclic) bond motifs is 1. The molecule has 1 aliphatic carbocycles. The van der Waals surface area contributed by atoms with E-state index in [9.17, 15) is 23.2 Å². The first-order valence-corrected chi connectivity index (χ1v) is 7.39. The molecule has 24 heavy (non-hydrogen) atoms. The van der Waals surface area contributed by atoms with Gasteiger partial charge in [-0.2, -0.15) is 5.26 Å². The summed E-state index contributed by atoms with van der Waals surface area (Å²) in [6.45, 7) is 0. The number of hydrogen-bond donors (Lipinski definition) is 1. The summed E-state index contributed by atoms with van der Waals surface area (Å²) in [7, 11) is 0. The fraction of sp³-hybridized carbons (Fsp3) is 0.222. The first-order valence-electron chi connectivity index (χ1n) is 7.39. The molecule has 3 nitrogen and oxygen atoms in total. The highest BCUT2D eigenvalue weighted by atomic mass is 19.2. The third kappa shape index (κ3) is 2.85. The Morgan fingerprint density at radius 1 is 1.08 bits per heavy atom. The molecule has 0 fully saturated rings. The third-order valence-corrected chi connectivity index (χ3v) is 4.25. The number of benzene rings is 2. The Morgan fingerprint density at radius 3 is 2.46 bits per heavy atom. The highest BCUT2D eigenvalue weighted by Gasteiger charge is 2.36. The lowest BCUT2D eigenvalue weighted by Gasteiger charge is -2.33. The summed E-state index contributed by atoms with van der Waals surface area (Å²) in [6.07, 6.45) is 1.22. The monoisotopic (exact) mass is 330 g/mol. The molecule has 0 bridgehead atoms. The molecule has 0 spiro atoms. The van der Waals surface area contributed by atoms with Gasteiger partial charge in [0, 0.05) is 12.5 Å². The van der Waals surface area contributed by atoms with Crippen LogP contribution in [0.5, 0.6) is 0 Å². The van der Waals surface area contributed by atoms with Crippen molar-refractivity contribution < 1.29 is 18.0 Å². The molecule has 1 amide bonds. The van der Waals surface area contributed by atoms with E-state index in [1.807, 2.05) is 24.3 Å². The number of nitrogens with one attached hydrogen (secondary N) is 1. The summed E-state index contributed by atoms with van der Waals surface area (Å²) in [6, 6.07) is 10.5. The third-order valence-electron chi connectivity index (χ3n) is 4.25. The van der Waals surface area contributed by atoms with E-state index in [1.54, 1.807) is 0 Å². The topological polar surface area (TPSA) is 52.9 Å². The van der Waals surface area contributed by atoms with Crippen LogP contribution in [-0.4, -0.2) is 11.4 Å². The van der Waals surface area contributed by atoms with Crippen LogP contribution in [0.2, 0.25) is 0 Å². The molecule has 2 aromatic rings. The van der Waals surface area contributed by atoms with Crippen molar-refractivity contribution in [1.29, 1.82) is 5.26 Å². The normalized spacial score (nSPS) is 19.2. The highest BCUT2D eigenvalue weighted by molar-refractivity contribution is 5.95. The van der Waals surface area contributed by atoms with Crippen LogP contribution in [0.1, 0.15) is 27.9 Å². The Balaban J connectivity index is 1.88. The number of carbonyl (C=O) groups is 1. The van der Waals surface area contributed by atoms with Crippen LogP contribution in [0, 0.1) is 28.8 Å². The molecule has 3 rings (SSSR count). The molecular formula is C18H13F3N2O. The van der Waals surface area contributed by atoms with Crippen molar-refractivity contribution in [1.82, 2.24) is 5.32 Å². The molecular weight excluding hydrogens is 317 g/mol. The van der Waals surface area contributed by atoms with Gasteiger partial charge in [-0.1, -0.05) is 24.3 Å². The van der Waals surface area contributed by atoms with Crippen LogP contribution >= 0.6 is 0 Å². The number of halogens is 3. The zero-order valence-electron chi connectivity index (χ0n) is 12.6. The predicted octanol–water partition coefficient (Wildman–Crippen LogP) is 3.28. The standard InChI is InChI=1S/C18H13F3N2O/c19-14-8-16(21)15(20)7-13(14)17(24)23-18(10-22)6-5-11-3-1-2-4-12(11)9-18/h1-4,7-8H,5-6,9H2,(H,23,24)/t18-/m1/s1. The maximum atomic E-state index is 13.8. The molecule has 0 aliphatic heterocycles. The smallest absolute Gasteiger partial charge is 0.255 e. The van der Waals surface area contributed by atoms with Crippen LogP contribution in [0.25, 0.3) is 0 Å². The van der Waals surface area contributed by atoms with Crippen molar-refractivity contribution in [2.75, 3.05) is 0 Å². The quantitative estimate of drug-likeness (QED) is 0.859. The van der Waals surface area contributed by atoms with Crippen LogP contribution in [0.4, 0.5) is 13.2 Å². The Kier molecular flexibility index (Phi) is 4.02. The molecule has 0 saturated carbocycles. The largest absolute Gasteiger partial charge is 0.333 e. The molecule has 6 heteroatoms. The number of amides is 1. The van der Waals surface area contributed by atoms with Crippen LogP contribution in [0.3, 0.4) is 0 Å². The molecule has 0 heterocycles. The lowest BCUT2D eigenvalue weighted by atomic mass is 9.78. The van der Waals surface area contributed by atoms with Gasteiger partial charge < -0.3 is 5.32 Å². The lowest BCUT2D eigenvalue weighted by Crippen LogP contribution is -2.51. The first-order chi connectivity index (χ1) is 11.4. The minimum atomic E-state index is -1.37. The summed E-state index contributed by atoms with van der Waals surface area (Å²) in [5.74, 6) is -4.80. The molecule has 1 N–H and O–H groups in total. The summed E-state index contributed by atoms with van der Waals surface area (Å²) in [5, 5.41) is 12.0. The summed E-state index contributed by atoms with van der Waals surface area (Å²) in [5.41, 5.74) is 0.193. The van der Waals surface area contributed by atoms with E-state index in [1.165, 1.54) is 0 Å². The number of nitrogens with zero attached hydrogens (tertiary/aromatic N) is 1. The average molecular weight is 330 g/mol. The van der Waals surface area contributed by atoms with E-state index in [0.717, 1.165) is 11.1 Å². The van der Waals surface area contributed by atoms with Crippen molar-refractivity contribution in [3.63, 3.8) is 0 Å². The Morgan fingerprint density at radius 2 is 1.75 bits per heavy atom. The number of nitriles is 1. The summed E-state index contributed by atoms with van der Waals surface area (Å²) < 4.78 is 40.0. The van der Waals surface area contributed by atoms with E-state index in [-0.39, 0.29) is 6.42 Å². The maximum absolute atomic E-state index is 13.8. The number of rotatable bonds is 2.